The second-order valence-electron chi connectivity index (χ2n) is 6.27. The van der Waals surface area contributed by atoms with Gasteiger partial charge in [0.05, 0.1) is 6.10 Å². The lowest BCUT2D eigenvalue weighted by atomic mass is 9.99. The highest BCUT2D eigenvalue weighted by atomic mass is 19.1. The lowest BCUT2D eigenvalue weighted by Gasteiger charge is -2.14. The van der Waals surface area contributed by atoms with E-state index in [9.17, 15) is 18.7 Å². The molecule has 0 aliphatic heterocycles. The van der Waals surface area contributed by atoms with Gasteiger partial charge in [-0.25, -0.2) is 8.78 Å². The third-order valence-corrected chi connectivity index (χ3v) is 3.50. The molecule has 1 unspecified atom stereocenters. The van der Waals surface area contributed by atoms with Crippen molar-refractivity contribution in [2.24, 2.45) is 11.8 Å². The number of aliphatic hydroxyl groups excluding tert-OH is 1. The van der Waals surface area contributed by atoms with Gasteiger partial charge in [-0.1, -0.05) is 39.8 Å². The SMILES string of the molecule is CC(C)C(=O)c1ccc(F)cc1.CC(C)C(O)c1ccc(F)cc1. The number of aliphatic hydroxyl groups is 1. The highest BCUT2D eigenvalue weighted by Gasteiger charge is 2.11. The molecule has 0 saturated carbocycles. The van der Waals surface area contributed by atoms with Gasteiger partial charge in [0, 0.05) is 11.5 Å². The van der Waals surface area contributed by atoms with Crippen molar-refractivity contribution in [3.63, 3.8) is 0 Å². The average Bonchev–Trinajstić information content (AvgIpc) is 2.55. The third-order valence-electron chi connectivity index (χ3n) is 3.50. The van der Waals surface area contributed by atoms with Crippen molar-refractivity contribution in [2.45, 2.75) is 33.8 Å². The number of carbonyl (C=O) groups is 1. The largest absolute Gasteiger partial charge is 0.388 e. The summed E-state index contributed by atoms with van der Waals surface area (Å²) in [6.45, 7) is 7.50. The van der Waals surface area contributed by atoms with Crippen LogP contribution in [0.4, 0.5) is 8.78 Å². The molecule has 4 heteroatoms. The molecule has 0 amide bonds. The zero-order valence-electron chi connectivity index (χ0n) is 14.5. The molecule has 0 aromatic heterocycles. The number of hydrogen-bond donors (Lipinski definition) is 1. The highest BCUT2D eigenvalue weighted by molar-refractivity contribution is 5.97. The van der Waals surface area contributed by atoms with Crippen LogP contribution in [0.25, 0.3) is 0 Å². The molecule has 0 spiro atoms. The molecule has 1 atom stereocenters. The fourth-order valence-corrected chi connectivity index (χ4v) is 1.99. The summed E-state index contributed by atoms with van der Waals surface area (Å²) in [4.78, 5) is 11.3. The van der Waals surface area contributed by atoms with Gasteiger partial charge in [-0.15, -0.1) is 0 Å². The Morgan fingerprint density at radius 2 is 1.25 bits per heavy atom. The Labute approximate surface area is 142 Å². The topological polar surface area (TPSA) is 37.3 Å². The summed E-state index contributed by atoms with van der Waals surface area (Å²) in [5, 5.41) is 9.57. The van der Waals surface area contributed by atoms with E-state index in [1.807, 2.05) is 27.7 Å². The van der Waals surface area contributed by atoms with Crippen molar-refractivity contribution in [3.8, 4) is 0 Å². The first-order chi connectivity index (χ1) is 11.2. The smallest absolute Gasteiger partial charge is 0.165 e. The van der Waals surface area contributed by atoms with E-state index in [1.165, 1.54) is 36.4 Å². The second-order valence-corrected chi connectivity index (χ2v) is 6.27. The van der Waals surface area contributed by atoms with Gasteiger partial charge in [0.2, 0.25) is 0 Å². The van der Waals surface area contributed by atoms with Crippen LogP contribution < -0.4 is 0 Å². The molecule has 0 aliphatic rings. The Balaban J connectivity index is 0.000000240. The standard InChI is InChI=1S/C10H13FO.C10H11FO/c2*1-7(2)10(12)8-3-5-9(11)6-4-8/h3-7,10,12H,1-2H3;3-7H,1-2H3. The summed E-state index contributed by atoms with van der Waals surface area (Å²) in [5.74, 6) is -0.397. The Morgan fingerprint density at radius 1 is 0.833 bits per heavy atom. The molecule has 0 aliphatic carbocycles. The molecule has 2 aromatic rings. The Bertz CT molecular complexity index is 632. The molecule has 2 aromatic carbocycles. The van der Waals surface area contributed by atoms with Crippen LogP contribution >= 0.6 is 0 Å². The minimum atomic E-state index is -0.495. The van der Waals surface area contributed by atoms with E-state index in [-0.39, 0.29) is 29.3 Å². The Kier molecular flexibility index (Phi) is 7.72. The zero-order valence-corrected chi connectivity index (χ0v) is 14.5. The van der Waals surface area contributed by atoms with Crippen LogP contribution in [0.15, 0.2) is 48.5 Å². The number of carbonyl (C=O) groups excluding carboxylic acids is 1. The van der Waals surface area contributed by atoms with E-state index < -0.39 is 6.10 Å². The fraction of sp³-hybridized carbons (Fsp3) is 0.350. The van der Waals surface area contributed by atoms with Crippen molar-refractivity contribution in [1.29, 1.82) is 0 Å². The van der Waals surface area contributed by atoms with Gasteiger partial charge < -0.3 is 5.11 Å². The molecule has 0 heterocycles. The molecule has 0 saturated heterocycles. The monoisotopic (exact) mass is 334 g/mol. The fourth-order valence-electron chi connectivity index (χ4n) is 1.99. The average molecular weight is 334 g/mol. The van der Waals surface area contributed by atoms with Crippen LogP contribution in [-0.2, 0) is 0 Å². The van der Waals surface area contributed by atoms with Crippen LogP contribution in [0.5, 0.6) is 0 Å². The van der Waals surface area contributed by atoms with E-state index in [0.717, 1.165) is 5.56 Å². The summed E-state index contributed by atoms with van der Waals surface area (Å²) >= 11 is 0. The van der Waals surface area contributed by atoms with E-state index in [1.54, 1.807) is 12.1 Å². The molecule has 0 radical (unpaired) electrons. The predicted octanol–water partition coefficient (Wildman–Crippen LogP) is 5.18. The minimum Gasteiger partial charge on any atom is -0.388 e. The van der Waals surface area contributed by atoms with Crippen molar-refractivity contribution in [1.82, 2.24) is 0 Å². The van der Waals surface area contributed by atoms with Gasteiger partial charge >= 0.3 is 0 Å². The summed E-state index contributed by atoms with van der Waals surface area (Å²) in [6, 6.07) is 11.6. The van der Waals surface area contributed by atoms with Gasteiger partial charge in [-0.3, -0.25) is 4.79 Å². The molecule has 0 bridgehead atoms. The van der Waals surface area contributed by atoms with Crippen molar-refractivity contribution >= 4 is 5.78 Å². The molecule has 0 fully saturated rings. The number of hydrogen-bond acceptors (Lipinski definition) is 2. The van der Waals surface area contributed by atoms with Crippen LogP contribution in [0.1, 0.15) is 49.7 Å². The lowest BCUT2D eigenvalue weighted by molar-refractivity contribution is 0.0939. The molecule has 1 N–H and O–H groups in total. The van der Waals surface area contributed by atoms with E-state index in [0.29, 0.717) is 5.56 Å². The maximum absolute atomic E-state index is 12.5. The van der Waals surface area contributed by atoms with Gasteiger partial charge in [0.1, 0.15) is 11.6 Å². The summed E-state index contributed by atoms with van der Waals surface area (Å²) in [6.07, 6.45) is -0.495. The van der Waals surface area contributed by atoms with Gasteiger partial charge in [-0.05, 0) is 47.9 Å². The number of ketones is 1. The zero-order chi connectivity index (χ0) is 18.3. The van der Waals surface area contributed by atoms with Crippen LogP contribution in [0.2, 0.25) is 0 Å². The first kappa shape index (κ1) is 20.0. The summed E-state index contributed by atoms with van der Waals surface area (Å²) < 4.78 is 24.9. The van der Waals surface area contributed by atoms with Gasteiger partial charge in [0.15, 0.2) is 5.78 Å². The first-order valence-corrected chi connectivity index (χ1v) is 7.95. The van der Waals surface area contributed by atoms with Crippen LogP contribution in [0.3, 0.4) is 0 Å². The van der Waals surface area contributed by atoms with Gasteiger partial charge in [0.25, 0.3) is 0 Å². The van der Waals surface area contributed by atoms with Crippen molar-refractivity contribution in [2.75, 3.05) is 0 Å². The third kappa shape index (κ3) is 6.20. The van der Waals surface area contributed by atoms with E-state index >= 15 is 0 Å². The second kappa shape index (κ2) is 9.28. The minimum absolute atomic E-state index is 0.0320. The van der Waals surface area contributed by atoms with Crippen LogP contribution in [-0.4, -0.2) is 10.9 Å². The number of Topliss-reactive ketones (excluding diaryl/α,β-unsaturated/α-hetero) is 1. The lowest BCUT2D eigenvalue weighted by Crippen LogP contribution is -2.06. The Morgan fingerprint density at radius 3 is 1.62 bits per heavy atom. The highest BCUT2D eigenvalue weighted by Crippen LogP contribution is 2.20. The van der Waals surface area contributed by atoms with Crippen molar-refractivity contribution in [3.05, 3.63) is 71.3 Å². The first-order valence-electron chi connectivity index (χ1n) is 7.95. The molecule has 130 valence electrons. The molecule has 2 rings (SSSR count). The van der Waals surface area contributed by atoms with Gasteiger partial charge in [-0.2, -0.15) is 0 Å². The number of halogens is 2. The Hall–Kier alpha value is -2.07. The predicted molar refractivity (Wildman–Crippen MR) is 91.8 cm³/mol. The molecular weight excluding hydrogens is 310 g/mol. The number of rotatable bonds is 4. The molecular formula is C20H24F2O2. The summed E-state index contributed by atoms with van der Waals surface area (Å²) in [7, 11) is 0. The van der Waals surface area contributed by atoms with E-state index in [2.05, 4.69) is 0 Å². The molecule has 24 heavy (non-hydrogen) atoms. The van der Waals surface area contributed by atoms with Crippen molar-refractivity contribution < 1.29 is 18.7 Å². The number of benzene rings is 2. The quantitative estimate of drug-likeness (QED) is 0.782. The summed E-state index contributed by atoms with van der Waals surface area (Å²) in [5.41, 5.74) is 1.35. The molecule has 2 nitrogen and oxygen atoms in total. The normalized spacial score (nSPS) is 11.9. The maximum Gasteiger partial charge on any atom is 0.165 e. The maximum atomic E-state index is 12.5. The van der Waals surface area contributed by atoms with E-state index in [4.69, 9.17) is 0 Å². The van der Waals surface area contributed by atoms with Crippen LogP contribution in [0, 0.1) is 23.5 Å².